The topological polar surface area (TPSA) is 834 Å². The van der Waals surface area contributed by atoms with Crippen molar-refractivity contribution in [1.82, 2.24) is 47.9 Å². The van der Waals surface area contributed by atoms with Crippen LogP contribution in [0, 0.1) is 5.92 Å². The number of hydrogen-bond donors (Lipinski definition) is 31. The van der Waals surface area contributed by atoms with Crippen LogP contribution >= 0.6 is 0 Å². The molecular formula is C96H217N31O9. The second kappa shape index (κ2) is 104. The van der Waals surface area contributed by atoms with Gasteiger partial charge in [0.2, 0.25) is 53.2 Å². The second-order valence-electron chi connectivity index (χ2n) is 37.0. The van der Waals surface area contributed by atoms with Gasteiger partial charge in [-0.3, -0.25) is 43.2 Å². The fraction of sp³-hybridized carbons (Fsp3) is 0.906. The van der Waals surface area contributed by atoms with Crippen LogP contribution in [0.25, 0.3) is 0 Å². The van der Waals surface area contributed by atoms with E-state index in [-0.39, 0.29) is 77.5 Å². The van der Waals surface area contributed by atoms with E-state index >= 15 is 0 Å². The molecule has 53 N–H and O–H groups in total. The van der Waals surface area contributed by atoms with Crippen LogP contribution in [-0.2, 0) is 43.2 Å². The van der Waals surface area contributed by atoms with Crippen LogP contribution in [0.3, 0.4) is 0 Å². The summed E-state index contributed by atoms with van der Waals surface area (Å²) in [5.74, 6) is -1.28. The van der Waals surface area contributed by atoms with Crippen molar-refractivity contribution in [1.29, 1.82) is 0 Å². The van der Waals surface area contributed by atoms with Crippen molar-refractivity contribution >= 4 is 53.2 Å². The highest BCUT2D eigenvalue weighted by molar-refractivity contribution is 5.93. The molecule has 0 saturated carbocycles. The van der Waals surface area contributed by atoms with E-state index in [1.807, 2.05) is 34.6 Å². The molecule has 16 atom stereocenters. The first-order valence-corrected chi connectivity index (χ1v) is 52.6. The molecular weight excluding hydrogens is 1730 g/mol. The zero-order valence-corrected chi connectivity index (χ0v) is 86.6. The molecule has 0 aromatic heterocycles. The van der Waals surface area contributed by atoms with Crippen LogP contribution in [0.15, 0.2) is 0 Å². The van der Waals surface area contributed by atoms with E-state index in [2.05, 4.69) is 54.8 Å². The van der Waals surface area contributed by atoms with Gasteiger partial charge in [-0.15, -0.1) is 0 Å². The molecule has 0 heterocycles. The zero-order valence-electron chi connectivity index (χ0n) is 86.6. The molecule has 0 fully saturated rings. The minimum Gasteiger partial charge on any atom is -0.352 e. The molecule has 0 spiro atoms. The maximum atomic E-state index is 13.2. The first kappa shape index (κ1) is 141. The number of nitrogens with two attached hydrogens (primary N) is 22. The van der Waals surface area contributed by atoms with Crippen molar-refractivity contribution in [3.8, 4) is 0 Å². The lowest BCUT2D eigenvalue weighted by molar-refractivity contribution is -0.133. The van der Waals surface area contributed by atoms with Crippen LogP contribution in [0.5, 0.6) is 0 Å². The average Bonchev–Trinajstić information content (AvgIpc) is 0.873. The van der Waals surface area contributed by atoms with Gasteiger partial charge in [-0.25, -0.2) is 0 Å². The molecule has 0 radical (unpaired) electrons. The van der Waals surface area contributed by atoms with E-state index in [9.17, 15) is 43.2 Å². The van der Waals surface area contributed by atoms with Crippen molar-refractivity contribution in [2.24, 2.45) is 132 Å². The normalized spacial score (nSPS) is 14.6. The fourth-order valence-corrected chi connectivity index (χ4v) is 14.4. The second-order valence-corrected chi connectivity index (χ2v) is 37.0. The fourth-order valence-electron chi connectivity index (χ4n) is 14.4. The van der Waals surface area contributed by atoms with Gasteiger partial charge in [-0.2, -0.15) is 0 Å². The standard InChI is InChI=1S/C24H52N8O3.2C18H40N6O2.2C12H28N4O.C12H29N3/c1-18(10-2-6-14-25)30-23(34)20(12-4-8-16-27)32-24(35)21(13-5-9-17-28)31-22(33)19(29)11-3-7-15-26;2*1-14(8-2-5-11-19)23-18(26)16(10-4-7-13-21)24-17(25)15(22)9-3-6-12-20;2*1-10(6-2-4-8-13)16-12(17)11(15)7-3-5-9-14;1-11(6-2-4-8-13)10-12(15)7-3-5-9-14/h18-21H,2-17,25-29H2,1H3,(H,30,34)(H,31,33)(H,32,35);2*14-16H,2-13,19-22H2,1H3,(H,23,26)(H,24,25);2*10-11H,2-9,13-15H2,1H3,(H,16,17);11-12H,2-10,13-15H2,1H3. The van der Waals surface area contributed by atoms with E-state index in [1.165, 1.54) is 19.3 Å². The summed E-state index contributed by atoms with van der Waals surface area (Å²) in [5, 5.41) is 26.1. The maximum Gasteiger partial charge on any atom is 0.243 e. The van der Waals surface area contributed by atoms with Gasteiger partial charge in [0.25, 0.3) is 0 Å². The third kappa shape index (κ3) is 92.1. The van der Waals surface area contributed by atoms with Gasteiger partial charge in [-0.1, -0.05) is 90.4 Å². The number of amides is 9. The molecule has 16 unspecified atom stereocenters. The SMILES string of the molecule is CC(CCCCN)CC(N)CCCCN.CC(CCCCN)NC(=O)C(CCCCN)NC(=O)C(CCCCN)NC(=O)C(N)CCCCN.CC(CCCCN)NC(=O)C(CCCCN)NC(=O)C(N)CCCCN.CC(CCCCN)NC(=O)C(CCCCN)NC(=O)C(N)CCCCN.CC(CCCCN)NC(=O)C(N)CCCCN.CC(CCCCN)NC(=O)C(N)CCCCN. The Morgan fingerprint density at radius 2 is 0.294 bits per heavy atom. The Hall–Kier alpha value is -5.65. The predicted octanol–water partition coefficient (Wildman–Crippen LogP) is 0.435. The molecule has 0 aliphatic rings. The van der Waals surface area contributed by atoms with E-state index in [1.54, 1.807) is 0 Å². The highest BCUT2D eigenvalue weighted by atomic mass is 16.2. The summed E-state index contributed by atoms with van der Waals surface area (Å²) < 4.78 is 0. The molecule has 40 heteroatoms. The summed E-state index contributed by atoms with van der Waals surface area (Å²) in [6.45, 7) is 22.3. The number of unbranched alkanes of at least 4 members (excludes halogenated alkanes) is 16. The minimum atomic E-state index is -0.790. The highest BCUT2D eigenvalue weighted by Crippen LogP contribution is 2.17. The molecule has 0 aromatic rings. The van der Waals surface area contributed by atoms with Gasteiger partial charge < -0.3 is 174 Å². The van der Waals surface area contributed by atoms with Crippen LogP contribution in [0.2, 0.25) is 0 Å². The molecule has 0 aliphatic heterocycles. The quantitative estimate of drug-likeness (QED) is 0.0367. The smallest absolute Gasteiger partial charge is 0.243 e. The van der Waals surface area contributed by atoms with Crippen molar-refractivity contribution in [2.45, 2.75) is 447 Å². The van der Waals surface area contributed by atoms with Crippen LogP contribution in [-0.4, -0.2) is 249 Å². The summed E-state index contributed by atoms with van der Waals surface area (Å²) in [7, 11) is 0. The van der Waals surface area contributed by atoms with Gasteiger partial charge in [0.05, 0.1) is 30.2 Å². The molecule has 40 nitrogen and oxygen atoms in total. The zero-order chi connectivity index (χ0) is 104. The maximum absolute atomic E-state index is 13.2. The molecule has 0 saturated heterocycles. The lowest BCUT2D eigenvalue weighted by Crippen LogP contribution is -2.56. The molecule has 9 amide bonds. The molecule has 0 bridgehead atoms. The monoisotopic (exact) mass is 1950 g/mol. The van der Waals surface area contributed by atoms with Gasteiger partial charge in [0, 0.05) is 36.3 Å². The van der Waals surface area contributed by atoms with Crippen molar-refractivity contribution in [3.05, 3.63) is 0 Å². The molecule has 0 rings (SSSR count). The van der Waals surface area contributed by atoms with Gasteiger partial charge >= 0.3 is 0 Å². The third-order valence-corrected chi connectivity index (χ3v) is 23.1. The summed E-state index contributed by atoms with van der Waals surface area (Å²) in [6.07, 6.45) is 41.9. The van der Waals surface area contributed by atoms with Crippen molar-refractivity contribution in [3.63, 3.8) is 0 Å². The number of carbonyl (C=O) groups is 9. The first-order valence-electron chi connectivity index (χ1n) is 52.6. The van der Waals surface area contributed by atoms with Gasteiger partial charge in [-0.05, 0) is 376 Å². The Balaban J connectivity index is -0.000000382. The van der Waals surface area contributed by atoms with Crippen LogP contribution in [0.4, 0.5) is 0 Å². The van der Waals surface area contributed by atoms with E-state index in [4.69, 9.17) is 126 Å². The summed E-state index contributed by atoms with van der Waals surface area (Å²) in [4.78, 5) is 112. The summed E-state index contributed by atoms with van der Waals surface area (Å²) in [6, 6.07) is -4.65. The van der Waals surface area contributed by atoms with E-state index in [0.717, 1.165) is 244 Å². The van der Waals surface area contributed by atoms with Crippen molar-refractivity contribution in [2.75, 3.05) is 105 Å². The Kier molecular flexibility index (Phi) is 108. The van der Waals surface area contributed by atoms with Gasteiger partial charge in [0.15, 0.2) is 0 Å². The van der Waals surface area contributed by atoms with Crippen molar-refractivity contribution < 1.29 is 43.2 Å². The number of nitrogens with one attached hydrogen (secondary N) is 9. The molecule has 0 aliphatic carbocycles. The Morgan fingerprint density at radius 3 is 0.478 bits per heavy atom. The Labute approximate surface area is 823 Å². The highest BCUT2D eigenvalue weighted by Gasteiger charge is 2.31. The first-order chi connectivity index (χ1) is 65.1. The third-order valence-electron chi connectivity index (χ3n) is 23.1. The average molecular weight is 1950 g/mol. The lowest BCUT2D eigenvalue weighted by Gasteiger charge is -2.25. The number of carbonyl (C=O) groups excluding carboxylic acids is 9. The Bertz CT molecular complexity index is 2610. The molecule has 136 heavy (non-hydrogen) atoms. The van der Waals surface area contributed by atoms with Crippen LogP contribution in [0.1, 0.15) is 356 Å². The van der Waals surface area contributed by atoms with E-state index < -0.39 is 60.3 Å². The largest absolute Gasteiger partial charge is 0.352 e. The Morgan fingerprint density at radius 1 is 0.162 bits per heavy atom. The molecule has 0 aromatic carbocycles. The van der Waals surface area contributed by atoms with Crippen LogP contribution < -0.4 is 174 Å². The van der Waals surface area contributed by atoms with E-state index in [0.29, 0.717) is 168 Å². The predicted molar refractivity (Wildman–Crippen MR) is 564 cm³/mol. The molecule has 810 valence electrons. The summed E-state index contributed by atoms with van der Waals surface area (Å²) >= 11 is 0. The number of hydrogen-bond acceptors (Lipinski definition) is 31. The minimum absolute atomic E-state index is 0.0328. The van der Waals surface area contributed by atoms with Gasteiger partial charge in [0.1, 0.15) is 24.2 Å². The number of rotatable bonds is 84. The lowest BCUT2D eigenvalue weighted by atomic mass is 9.94. The summed E-state index contributed by atoms with van der Waals surface area (Å²) in [5.41, 5.74) is 123.